The van der Waals surface area contributed by atoms with Gasteiger partial charge in [-0.25, -0.2) is 17.6 Å². The fourth-order valence-electron chi connectivity index (χ4n) is 3.29. The van der Waals surface area contributed by atoms with E-state index in [1.54, 1.807) is 0 Å². The van der Waals surface area contributed by atoms with Gasteiger partial charge in [-0.2, -0.15) is 0 Å². The lowest BCUT2D eigenvalue weighted by Gasteiger charge is -2.26. The molecular weight excluding hydrogens is 474 g/mol. The molecular formula is C24H16F4O3P2. The molecule has 0 saturated carbocycles. The number of rotatable bonds is 6. The maximum absolute atomic E-state index is 14.3. The van der Waals surface area contributed by atoms with Crippen LogP contribution in [0.4, 0.5) is 17.6 Å². The van der Waals surface area contributed by atoms with Gasteiger partial charge in [0.1, 0.15) is 23.3 Å². The maximum Gasteiger partial charge on any atom is 0.267 e. The van der Waals surface area contributed by atoms with Gasteiger partial charge < -0.3 is 0 Å². The molecule has 0 aliphatic carbocycles. The summed E-state index contributed by atoms with van der Waals surface area (Å²) >= 11 is 0. The average Bonchev–Trinajstić information content (AvgIpc) is 2.79. The highest BCUT2D eigenvalue weighted by atomic mass is 31.2. The normalized spacial score (nSPS) is 12.0. The summed E-state index contributed by atoms with van der Waals surface area (Å²) in [5, 5.41) is -0.774. The molecule has 0 fully saturated rings. The Hall–Kier alpha value is -2.98. The van der Waals surface area contributed by atoms with Gasteiger partial charge in [0.25, 0.3) is 14.7 Å². The molecule has 4 rings (SSSR count). The molecule has 0 unspecified atom stereocenters. The van der Waals surface area contributed by atoms with Crippen LogP contribution in [0, 0.1) is 23.3 Å². The summed E-state index contributed by atoms with van der Waals surface area (Å²) in [6.07, 6.45) is 0. The topological polar surface area (TPSA) is 43.4 Å². The zero-order chi connectivity index (χ0) is 23.6. The van der Waals surface area contributed by atoms with Crippen molar-refractivity contribution in [2.24, 2.45) is 0 Å². The molecule has 0 spiro atoms. The van der Waals surface area contributed by atoms with Crippen LogP contribution in [0.2, 0.25) is 0 Å². The fraction of sp³-hybridized carbons (Fsp3) is 0. The summed E-state index contributed by atoms with van der Waals surface area (Å²) in [5.41, 5.74) is 0. The Kier molecular flexibility index (Phi) is 6.40. The molecule has 9 heteroatoms. The van der Waals surface area contributed by atoms with Crippen molar-refractivity contribution in [1.29, 1.82) is 0 Å². The number of hydrogen-bond donors (Lipinski definition) is 0. The SMILES string of the molecule is O=P(OP(=O)(c1cccc(F)c1)c1cccc(F)c1)(c1cccc(F)c1)c1cccc(F)c1. The van der Waals surface area contributed by atoms with Crippen LogP contribution in [0.15, 0.2) is 97.1 Å². The molecule has 0 aliphatic rings. The van der Waals surface area contributed by atoms with Crippen molar-refractivity contribution in [1.82, 2.24) is 0 Å². The van der Waals surface area contributed by atoms with Crippen LogP contribution in [-0.4, -0.2) is 0 Å². The molecule has 0 aromatic heterocycles. The summed E-state index contributed by atoms with van der Waals surface area (Å²) in [7, 11) is -8.90. The molecule has 168 valence electrons. The summed E-state index contributed by atoms with van der Waals surface area (Å²) in [6.45, 7) is 0. The molecule has 0 heterocycles. The van der Waals surface area contributed by atoms with Gasteiger partial charge >= 0.3 is 0 Å². The Morgan fingerprint density at radius 2 is 0.697 bits per heavy atom. The Morgan fingerprint density at radius 3 is 0.909 bits per heavy atom. The van der Waals surface area contributed by atoms with Crippen LogP contribution in [0.3, 0.4) is 0 Å². The van der Waals surface area contributed by atoms with E-state index < -0.39 is 38.0 Å². The Morgan fingerprint density at radius 1 is 0.455 bits per heavy atom. The molecule has 0 N–H and O–H groups in total. The smallest absolute Gasteiger partial charge is 0.267 e. The van der Waals surface area contributed by atoms with Crippen LogP contribution >= 0.6 is 14.7 Å². The van der Waals surface area contributed by atoms with E-state index in [9.17, 15) is 26.7 Å². The van der Waals surface area contributed by atoms with Gasteiger partial charge in [-0.3, -0.25) is 13.4 Å². The average molecular weight is 490 g/mol. The largest absolute Gasteiger partial charge is 0.282 e. The molecule has 0 aliphatic heterocycles. The third-order valence-corrected chi connectivity index (χ3v) is 10.5. The van der Waals surface area contributed by atoms with Crippen LogP contribution in [0.1, 0.15) is 0 Å². The molecule has 0 radical (unpaired) electrons. The number of hydrogen-bond acceptors (Lipinski definition) is 3. The predicted molar refractivity (Wildman–Crippen MR) is 120 cm³/mol. The van der Waals surface area contributed by atoms with Crippen molar-refractivity contribution >= 4 is 36.0 Å². The lowest BCUT2D eigenvalue weighted by atomic mass is 10.3. The molecule has 4 aromatic carbocycles. The number of benzene rings is 4. The van der Waals surface area contributed by atoms with E-state index in [1.807, 2.05) is 0 Å². The van der Waals surface area contributed by atoms with Crippen LogP contribution in [0.25, 0.3) is 0 Å². The standard InChI is InChI=1S/C24H16F4O3P2/c25-17-5-1-9-21(13-17)32(29,22-10-2-6-18(26)14-22)31-33(30,23-11-3-7-19(27)15-23)24-12-4-8-20(28)16-24/h1-16H. The van der Waals surface area contributed by atoms with Crippen molar-refractivity contribution in [2.75, 3.05) is 0 Å². The van der Waals surface area contributed by atoms with E-state index in [2.05, 4.69) is 0 Å². The summed E-state index contributed by atoms with van der Waals surface area (Å²) < 4.78 is 90.7. The van der Waals surface area contributed by atoms with Gasteiger partial charge in [-0.05, 0) is 72.8 Å². The van der Waals surface area contributed by atoms with E-state index in [0.29, 0.717) is 0 Å². The van der Waals surface area contributed by atoms with Gasteiger partial charge in [-0.15, -0.1) is 0 Å². The minimum absolute atomic E-state index is 0.193. The highest BCUT2D eigenvalue weighted by Crippen LogP contribution is 2.61. The monoisotopic (exact) mass is 490 g/mol. The van der Waals surface area contributed by atoms with Gasteiger partial charge in [0.15, 0.2) is 0 Å². The third kappa shape index (κ3) is 4.72. The van der Waals surface area contributed by atoms with Crippen LogP contribution in [0.5, 0.6) is 0 Å². The first-order valence-corrected chi connectivity index (χ1v) is 12.9. The maximum atomic E-state index is 14.3. The van der Waals surface area contributed by atoms with Gasteiger partial charge in [0.05, 0.1) is 0 Å². The van der Waals surface area contributed by atoms with E-state index in [1.165, 1.54) is 48.5 Å². The van der Waals surface area contributed by atoms with Gasteiger partial charge in [0, 0.05) is 21.2 Å². The predicted octanol–water partition coefficient (Wildman–Crippen LogP) is 5.42. The molecule has 4 aromatic rings. The van der Waals surface area contributed by atoms with Gasteiger partial charge in [-0.1, -0.05) is 24.3 Å². The second-order valence-corrected chi connectivity index (χ2v) is 12.0. The van der Waals surface area contributed by atoms with Gasteiger partial charge in [0.2, 0.25) is 0 Å². The second-order valence-electron chi connectivity index (χ2n) is 7.10. The van der Waals surface area contributed by atoms with E-state index in [4.69, 9.17) is 4.31 Å². The lowest BCUT2D eigenvalue weighted by molar-refractivity contribution is 0.484. The first-order valence-electron chi connectivity index (χ1n) is 9.67. The minimum atomic E-state index is -4.45. The van der Waals surface area contributed by atoms with Crippen molar-refractivity contribution < 1.29 is 31.0 Å². The minimum Gasteiger partial charge on any atom is -0.282 e. The van der Waals surface area contributed by atoms with E-state index in [0.717, 1.165) is 48.5 Å². The summed E-state index contributed by atoms with van der Waals surface area (Å²) in [5.74, 6) is -3.00. The van der Waals surface area contributed by atoms with E-state index in [-0.39, 0.29) is 21.2 Å². The zero-order valence-corrected chi connectivity index (χ0v) is 18.7. The third-order valence-electron chi connectivity index (χ3n) is 4.82. The van der Waals surface area contributed by atoms with Crippen molar-refractivity contribution in [3.63, 3.8) is 0 Å². The first-order chi connectivity index (χ1) is 15.7. The highest BCUT2D eigenvalue weighted by molar-refractivity contribution is 7.86. The second kappa shape index (κ2) is 9.11. The van der Waals surface area contributed by atoms with Crippen molar-refractivity contribution in [3.8, 4) is 0 Å². The Labute approximate surface area is 187 Å². The number of halogens is 4. The zero-order valence-electron chi connectivity index (χ0n) is 16.9. The lowest BCUT2D eigenvalue weighted by Crippen LogP contribution is -2.24. The summed E-state index contributed by atoms with van der Waals surface area (Å²) in [4.78, 5) is 0. The van der Waals surface area contributed by atoms with Crippen molar-refractivity contribution in [2.45, 2.75) is 0 Å². The molecule has 0 amide bonds. The van der Waals surface area contributed by atoms with Crippen LogP contribution in [-0.2, 0) is 13.4 Å². The molecule has 0 saturated heterocycles. The highest BCUT2D eigenvalue weighted by Gasteiger charge is 2.41. The molecule has 0 bridgehead atoms. The Bertz CT molecular complexity index is 1220. The van der Waals surface area contributed by atoms with Crippen molar-refractivity contribution in [3.05, 3.63) is 120 Å². The summed E-state index contributed by atoms with van der Waals surface area (Å²) in [6, 6.07) is 18.4. The molecule has 3 nitrogen and oxygen atoms in total. The van der Waals surface area contributed by atoms with E-state index >= 15 is 0 Å². The first kappa shape index (κ1) is 23.2. The fourth-order valence-corrected chi connectivity index (χ4v) is 8.99. The molecule has 0 atom stereocenters. The van der Waals surface area contributed by atoms with Crippen LogP contribution < -0.4 is 21.2 Å². The molecule has 33 heavy (non-hydrogen) atoms. The quantitative estimate of drug-likeness (QED) is 0.268. The Balaban J connectivity index is 1.99.